The Hall–Kier alpha value is -2.46. The Bertz CT molecular complexity index is 655. The summed E-state index contributed by atoms with van der Waals surface area (Å²) in [6, 6.07) is 2.49. The van der Waals surface area contributed by atoms with Gasteiger partial charge in [-0.05, 0) is 24.6 Å². The SMILES string of the molecule is COC(=O)C1=C=C(C(=O)N[C@@H](C)c2cc(F)cc(F)c2)C1. The number of carbonyl (C=O) groups is 2. The van der Waals surface area contributed by atoms with Crippen molar-refractivity contribution in [1.82, 2.24) is 5.32 Å². The van der Waals surface area contributed by atoms with Gasteiger partial charge in [0.25, 0.3) is 5.91 Å². The van der Waals surface area contributed by atoms with Crippen molar-refractivity contribution in [2.75, 3.05) is 7.11 Å². The third-order valence-electron chi connectivity index (χ3n) is 3.09. The summed E-state index contributed by atoms with van der Waals surface area (Å²) in [5.41, 5.74) is 3.53. The predicted molar refractivity (Wildman–Crippen MR) is 70.1 cm³/mol. The van der Waals surface area contributed by atoms with Crippen molar-refractivity contribution in [2.24, 2.45) is 0 Å². The Kier molecular flexibility index (Phi) is 4.19. The van der Waals surface area contributed by atoms with Crippen molar-refractivity contribution >= 4 is 11.9 Å². The van der Waals surface area contributed by atoms with Crippen molar-refractivity contribution < 1.29 is 23.1 Å². The molecule has 110 valence electrons. The highest BCUT2D eigenvalue weighted by molar-refractivity contribution is 6.01. The highest BCUT2D eigenvalue weighted by Crippen LogP contribution is 2.22. The molecular weight excluding hydrogens is 280 g/mol. The van der Waals surface area contributed by atoms with Gasteiger partial charge in [0.2, 0.25) is 0 Å². The van der Waals surface area contributed by atoms with Crippen LogP contribution < -0.4 is 5.32 Å². The summed E-state index contributed by atoms with van der Waals surface area (Å²) in [5.74, 6) is -2.37. The number of esters is 1. The van der Waals surface area contributed by atoms with E-state index in [1.54, 1.807) is 6.92 Å². The van der Waals surface area contributed by atoms with Crippen molar-refractivity contribution in [3.63, 3.8) is 0 Å². The molecule has 1 aliphatic rings. The van der Waals surface area contributed by atoms with Crippen LogP contribution in [0.5, 0.6) is 0 Å². The molecule has 0 bridgehead atoms. The van der Waals surface area contributed by atoms with E-state index in [2.05, 4.69) is 15.8 Å². The first kappa shape index (κ1) is 14.9. The highest BCUT2D eigenvalue weighted by atomic mass is 19.1. The molecule has 1 amide bonds. The van der Waals surface area contributed by atoms with Crippen molar-refractivity contribution in [3.05, 3.63) is 52.3 Å². The van der Waals surface area contributed by atoms with Crippen LogP contribution in [-0.2, 0) is 14.3 Å². The molecule has 0 fully saturated rings. The summed E-state index contributed by atoms with van der Waals surface area (Å²) in [6.07, 6.45) is 0.169. The van der Waals surface area contributed by atoms with Crippen molar-refractivity contribution in [3.8, 4) is 0 Å². The second-order valence-corrected chi connectivity index (χ2v) is 4.65. The van der Waals surface area contributed by atoms with Gasteiger partial charge in [-0.15, -0.1) is 0 Å². The molecule has 0 saturated heterocycles. The van der Waals surface area contributed by atoms with E-state index in [0.717, 1.165) is 18.2 Å². The molecule has 0 aliphatic heterocycles. The average molecular weight is 293 g/mol. The number of methoxy groups -OCH3 is 1. The van der Waals surface area contributed by atoms with Crippen LogP contribution in [-0.4, -0.2) is 19.0 Å². The van der Waals surface area contributed by atoms with Gasteiger partial charge in [-0.1, -0.05) is 5.73 Å². The van der Waals surface area contributed by atoms with Gasteiger partial charge in [0, 0.05) is 12.5 Å². The van der Waals surface area contributed by atoms with Gasteiger partial charge >= 0.3 is 5.97 Å². The number of hydrogen-bond donors (Lipinski definition) is 1. The first-order valence-electron chi connectivity index (χ1n) is 6.24. The second-order valence-electron chi connectivity index (χ2n) is 4.65. The zero-order valence-electron chi connectivity index (χ0n) is 11.5. The minimum atomic E-state index is -0.707. The molecule has 0 radical (unpaired) electrons. The normalized spacial score (nSPS) is 14.5. The summed E-state index contributed by atoms with van der Waals surface area (Å²) in [6.45, 7) is 1.61. The van der Waals surface area contributed by atoms with Gasteiger partial charge in [0.05, 0.1) is 24.3 Å². The lowest BCUT2D eigenvalue weighted by Crippen LogP contribution is -2.30. The lowest BCUT2D eigenvalue weighted by atomic mass is 9.96. The Balaban J connectivity index is 2.07. The summed E-state index contributed by atoms with van der Waals surface area (Å²) in [7, 11) is 1.25. The van der Waals surface area contributed by atoms with Crippen molar-refractivity contribution in [2.45, 2.75) is 19.4 Å². The average Bonchev–Trinajstić information content (AvgIpc) is 2.35. The number of carbonyl (C=O) groups excluding carboxylic acids is 2. The Morgan fingerprint density at radius 3 is 2.33 bits per heavy atom. The summed E-state index contributed by atoms with van der Waals surface area (Å²) in [4.78, 5) is 23.0. The Morgan fingerprint density at radius 2 is 1.81 bits per heavy atom. The van der Waals surface area contributed by atoms with Gasteiger partial charge in [-0.3, -0.25) is 4.79 Å². The summed E-state index contributed by atoms with van der Waals surface area (Å²) >= 11 is 0. The summed E-state index contributed by atoms with van der Waals surface area (Å²) < 4.78 is 30.7. The molecule has 1 N–H and O–H groups in total. The highest BCUT2D eigenvalue weighted by Gasteiger charge is 2.25. The van der Waals surface area contributed by atoms with E-state index in [0.29, 0.717) is 16.7 Å². The molecular formula is C15H13F2NO3. The van der Waals surface area contributed by atoms with Crippen LogP contribution in [0.2, 0.25) is 0 Å². The fourth-order valence-electron chi connectivity index (χ4n) is 1.92. The van der Waals surface area contributed by atoms with Crippen LogP contribution >= 0.6 is 0 Å². The minimum absolute atomic E-state index is 0.169. The molecule has 0 aromatic heterocycles. The third-order valence-corrected chi connectivity index (χ3v) is 3.09. The van der Waals surface area contributed by atoms with Gasteiger partial charge in [-0.2, -0.15) is 0 Å². The quantitative estimate of drug-likeness (QED) is 0.684. The van der Waals surface area contributed by atoms with Gasteiger partial charge < -0.3 is 10.1 Å². The van der Waals surface area contributed by atoms with Gasteiger partial charge in [-0.25, -0.2) is 13.6 Å². The van der Waals surface area contributed by atoms with Crippen LogP contribution in [0.4, 0.5) is 8.78 Å². The van der Waals surface area contributed by atoms with E-state index in [9.17, 15) is 18.4 Å². The molecule has 2 rings (SSSR count). The molecule has 21 heavy (non-hydrogen) atoms. The first-order chi connectivity index (χ1) is 9.90. The van der Waals surface area contributed by atoms with E-state index >= 15 is 0 Å². The molecule has 0 spiro atoms. The number of benzene rings is 1. The largest absolute Gasteiger partial charge is 0.465 e. The fourth-order valence-corrected chi connectivity index (χ4v) is 1.92. The topological polar surface area (TPSA) is 55.4 Å². The first-order valence-corrected chi connectivity index (χ1v) is 6.24. The molecule has 1 atom stereocenters. The third kappa shape index (κ3) is 3.35. The van der Waals surface area contributed by atoms with Crippen LogP contribution in [0, 0.1) is 11.6 Å². The molecule has 1 aliphatic carbocycles. The maximum atomic E-state index is 13.1. The lowest BCUT2D eigenvalue weighted by Gasteiger charge is -2.18. The minimum Gasteiger partial charge on any atom is -0.465 e. The van der Waals surface area contributed by atoms with Crippen molar-refractivity contribution in [1.29, 1.82) is 0 Å². The van der Waals surface area contributed by atoms with E-state index in [1.807, 2.05) is 0 Å². The standard InChI is InChI=1S/C15H13F2NO3/c1-8(9-5-12(16)7-13(17)6-9)18-14(19)10-3-11(4-10)15(20)21-2/h5-8H,3H2,1-2H3,(H,18,19)/t8-/m0/s1. The number of halogens is 2. The molecule has 1 aromatic carbocycles. The molecule has 6 heteroatoms. The van der Waals surface area contributed by atoms with Crippen LogP contribution in [0.1, 0.15) is 24.9 Å². The number of rotatable bonds is 4. The molecule has 0 heterocycles. The number of amides is 1. The smallest absolute Gasteiger partial charge is 0.341 e. The van der Waals surface area contributed by atoms with E-state index in [4.69, 9.17) is 0 Å². The number of nitrogens with one attached hydrogen (secondary N) is 1. The zero-order valence-corrected chi connectivity index (χ0v) is 11.5. The number of hydrogen-bond acceptors (Lipinski definition) is 3. The predicted octanol–water partition coefficient (Wildman–Crippen LogP) is 2.17. The van der Waals surface area contributed by atoms with Gasteiger partial charge in [0.15, 0.2) is 0 Å². The molecule has 0 saturated carbocycles. The van der Waals surface area contributed by atoms with E-state index < -0.39 is 29.6 Å². The maximum absolute atomic E-state index is 13.1. The maximum Gasteiger partial charge on any atom is 0.341 e. The molecule has 1 aromatic rings. The fraction of sp³-hybridized carbons (Fsp3) is 0.267. The van der Waals surface area contributed by atoms with Crippen LogP contribution in [0.3, 0.4) is 0 Å². The summed E-state index contributed by atoms with van der Waals surface area (Å²) in [5, 5.41) is 2.59. The van der Waals surface area contributed by atoms with E-state index in [1.165, 1.54) is 7.11 Å². The Morgan fingerprint density at radius 1 is 1.24 bits per heavy atom. The van der Waals surface area contributed by atoms with E-state index in [-0.39, 0.29) is 6.42 Å². The lowest BCUT2D eigenvalue weighted by molar-refractivity contribution is -0.136. The van der Waals surface area contributed by atoms with Gasteiger partial charge in [0.1, 0.15) is 11.6 Å². The monoisotopic (exact) mass is 293 g/mol. The second kappa shape index (κ2) is 5.89. The molecule has 4 nitrogen and oxygen atoms in total. The Labute approximate surface area is 120 Å². The van der Waals surface area contributed by atoms with Crippen LogP contribution in [0.25, 0.3) is 0 Å². The molecule has 0 unspecified atom stereocenters. The van der Waals surface area contributed by atoms with Crippen LogP contribution in [0.15, 0.2) is 35.1 Å². The number of ether oxygens (including phenoxy) is 1. The zero-order chi connectivity index (χ0) is 15.6.